The molecule has 0 radical (unpaired) electrons. The molecule has 1 aliphatic heterocycles. The van der Waals surface area contributed by atoms with Gasteiger partial charge in [-0.2, -0.15) is 0 Å². The predicted octanol–water partition coefficient (Wildman–Crippen LogP) is 5.74. The van der Waals surface area contributed by atoms with Gasteiger partial charge in [0.05, 0.1) is 24.9 Å². The van der Waals surface area contributed by atoms with Crippen LogP contribution in [0.2, 0.25) is 0 Å². The molecule has 0 aliphatic carbocycles. The zero-order valence-corrected chi connectivity index (χ0v) is 28.6. The number of likely N-dealkylation sites (N-methyl/N-ethyl adjacent to an activating group) is 1. The van der Waals surface area contributed by atoms with E-state index in [0.29, 0.717) is 25.9 Å². The maximum atomic E-state index is 12.3. The van der Waals surface area contributed by atoms with Crippen molar-refractivity contribution in [3.63, 3.8) is 0 Å². The molecule has 50 heavy (non-hydrogen) atoms. The second-order valence-electron chi connectivity index (χ2n) is 12.9. The number of carbonyl (C=O) groups excluding carboxylic acids is 2. The van der Waals surface area contributed by atoms with Crippen molar-refractivity contribution in [2.75, 3.05) is 13.6 Å². The second kappa shape index (κ2) is 18.0. The molecule has 0 bridgehead atoms. The lowest BCUT2D eigenvalue weighted by molar-refractivity contribution is -0.253. The molecule has 2 amide bonds. The fourth-order valence-corrected chi connectivity index (χ4v) is 6.17. The van der Waals surface area contributed by atoms with Gasteiger partial charge in [-0.25, -0.2) is 5.48 Å². The van der Waals surface area contributed by atoms with Crippen molar-refractivity contribution < 1.29 is 34.5 Å². The van der Waals surface area contributed by atoms with Crippen LogP contribution in [-0.4, -0.2) is 57.9 Å². The Morgan fingerprint density at radius 1 is 0.840 bits per heavy atom. The van der Waals surface area contributed by atoms with E-state index < -0.39 is 18.3 Å². The molecule has 0 saturated carbocycles. The lowest BCUT2D eigenvalue weighted by atomic mass is 9.97. The number of aliphatic hydroxyl groups is 2. The molecule has 1 saturated heterocycles. The number of nitrogens with zero attached hydrogens (tertiary/aromatic N) is 1. The normalized spacial score (nSPS) is 18.7. The van der Waals surface area contributed by atoms with Gasteiger partial charge in [0.1, 0.15) is 0 Å². The van der Waals surface area contributed by atoms with E-state index in [2.05, 4.69) is 16.3 Å². The molecular weight excluding hydrogens is 634 g/mol. The van der Waals surface area contributed by atoms with Crippen molar-refractivity contribution in [1.82, 2.24) is 15.7 Å². The van der Waals surface area contributed by atoms with Crippen molar-refractivity contribution in [2.24, 2.45) is 0 Å². The first-order chi connectivity index (χ1) is 24.2. The summed E-state index contributed by atoms with van der Waals surface area (Å²) in [6, 6.07) is 33.3. The van der Waals surface area contributed by atoms with Gasteiger partial charge >= 0.3 is 0 Å². The molecular formula is C40H47N3O7. The molecule has 4 aromatic rings. The third kappa shape index (κ3) is 10.1. The lowest BCUT2D eigenvalue weighted by Crippen LogP contribution is -2.43. The maximum Gasteiger partial charge on any atom is 0.243 e. The Bertz CT molecular complexity index is 1680. The molecule has 5 N–H and O–H groups in total. The summed E-state index contributed by atoms with van der Waals surface area (Å²) in [7, 11) is 2.00. The molecule has 5 atom stereocenters. The highest BCUT2D eigenvalue weighted by Crippen LogP contribution is 2.39. The van der Waals surface area contributed by atoms with Crippen LogP contribution in [0.5, 0.6) is 0 Å². The number of ether oxygens (including phenoxy) is 2. The van der Waals surface area contributed by atoms with Gasteiger partial charge in [-0.1, -0.05) is 91.0 Å². The third-order valence-electron chi connectivity index (χ3n) is 9.24. The summed E-state index contributed by atoms with van der Waals surface area (Å²) in [4.78, 5) is 25.6. The van der Waals surface area contributed by atoms with Crippen molar-refractivity contribution in [2.45, 2.75) is 76.4 Å². The van der Waals surface area contributed by atoms with Gasteiger partial charge in [-0.05, 0) is 65.9 Å². The molecule has 10 nitrogen and oxygen atoms in total. The SMILES string of the molecule is CC(C(O)c1ccccc1)N(C)CC1CC(c2ccc(CO)cc2)OC(c2cccc(-c3cccc(CNC(=O)CCCC(=O)NO)c3)c2)O1. The van der Waals surface area contributed by atoms with Gasteiger partial charge in [0, 0.05) is 44.0 Å². The highest BCUT2D eigenvalue weighted by molar-refractivity contribution is 5.78. The molecule has 10 heteroatoms. The lowest BCUT2D eigenvalue weighted by Gasteiger charge is -2.39. The first-order valence-corrected chi connectivity index (χ1v) is 17.1. The number of benzene rings is 4. The number of amides is 2. The molecule has 0 aromatic heterocycles. The standard InChI is InChI=1S/C40H47N3O7/c1-27(39(47)31-10-4-3-5-11-31)43(2)25-35-23-36(30-19-17-28(26-44)18-20-30)50-40(49-35)34-14-7-13-33(22-34)32-12-6-9-29(21-32)24-41-37(45)15-8-16-38(46)42-48/h3-7,9-14,17-22,27,35-36,39-40,44,47-48H,8,15-16,23-26H2,1-2H3,(H,41,45)(H,42,46). The van der Waals surface area contributed by atoms with E-state index >= 15 is 0 Å². The number of carbonyl (C=O) groups is 2. The maximum absolute atomic E-state index is 12.3. The largest absolute Gasteiger partial charge is 0.392 e. The minimum Gasteiger partial charge on any atom is -0.392 e. The smallest absolute Gasteiger partial charge is 0.243 e. The van der Waals surface area contributed by atoms with Crippen LogP contribution in [0.4, 0.5) is 0 Å². The Morgan fingerprint density at radius 2 is 1.54 bits per heavy atom. The number of hydrogen-bond acceptors (Lipinski definition) is 8. The Hall–Kier alpha value is -4.42. The summed E-state index contributed by atoms with van der Waals surface area (Å²) in [6.45, 7) is 2.91. The van der Waals surface area contributed by atoms with E-state index in [-0.39, 0.29) is 43.6 Å². The van der Waals surface area contributed by atoms with Crippen LogP contribution < -0.4 is 10.8 Å². The summed E-state index contributed by atoms with van der Waals surface area (Å²) < 4.78 is 13.3. The van der Waals surface area contributed by atoms with Crippen molar-refractivity contribution in [1.29, 1.82) is 0 Å². The van der Waals surface area contributed by atoms with Gasteiger partial charge in [0.25, 0.3) is 0 Å². The number of hydrogen-bond donors (Lipinski definition) is 5. The molecule has 1 heterocycles. The highest BCUT2D eigenvalue weighted by Gasteiger charge is 2.34. The Kier molecular flexibility index (Phi) is 13.3. The predicted molar refractivity (Wildman–Crippen MR) is 189 cm³/mol. The van der Waals surface area contributed by atoms with Crippen LogP contribution >= 0.6 is 0 Å². The van der Waals surface area contributed by atoms with Crippen LogP contribution in [-0.2, 0) is 32.2 Å². The summed E-state index contributed by atoms with van der Waals surface area (Å²) in [5, 5.41) is 32.2. The van der Waals surface area contributed by atoms with Crippen molar-refractivity contribution in [3.8, 4) is 11.1 Å². The molecule has 1 aliphatic rings. The zero-order valence-electron chi connectivity index (χ0n) is 28.6. The highest BCUT2D eigenvalue weighted by atomic mass is 16.7. The van der Waals surface area contributed by atoms with Gasteiger partial charge in [-0.15, -0.1) is 0 Å². The summed E-state index contributed by atoms with van der Waals surface area (Å²) >= 11 is 0. The summed E-state index contributed by atoms with van der Waals surface area (Å²) in [6.07, 6.45) is -0.509. The van der Waals surface area contributed by atoms with Gasteiger partial charge in [-0.3, -0.25) is 19.7 Å². The summed E-state index contributed by atoms with van der Waals surface area (Å²) in [5.41, 5.74) is 8.03. The fourth-order valence-electron chi connectivity index (χ4n) is 6.17. The van der Waals surface area contributed by atoms with E-state index in [1.54, 1.807) is 5.48 Å². The fraction of sp³-hybridized carbons (Fsp3) is 0.350. The molecule has 0 spiro atoms. The van der Waals surface area contributed by atoms with Crippen LogP contribution in [0.1, 0.15) is 78.9 Å². The van der Waals surface area contributed by atoms with Crippen LogP contribution in [0, 0.1) is 0 Å². The molecule has 1 fully saturated rings. The number of aliphatic hydroxyl groups excluding tert-OH is 2. The average molecular weight is 682 g/mol. The minimum absolute atomic E-state index is 0.0293. The summed E-state index contributed by atoms with van der Waals surface area (Å²) in [5.74, 6) is -0.681. The topological polar surface area (TPSA) is 141 Å². The molecule has 5 rings (SSSR count). The zero-order chi connectivity index (χ0) is 35.5. The number of rotatable bonds is 15. The first-order valence-electron chi connectivity index (χ1n) is 17.1. The molecule has 5 unspecified atom stereocenters. The van der Waals surface area contributed by atoms with E-state index in [4.69, 9.17) is 14.7 Å². The monoisotopic (exact) mass is 681 g/mol. The Balaban J connectivity index is 1.30. The Morgan fingerprint density at radius 3 is 2.26 bits per heavy atom. The number of hydroxylamine groups is 1. The van der Waals surface area contributed by atoms with Crippen molar-refractivity contribution >= 4 is 11.8 Å². The van der Waals surface area contributed by atoms with Gasteiger partial charge in [0.2, 0.25) is 11.8 Å². The quantitative estimate of drug-likeness (QED) is 0.0791. The Labute approximate surface area is 293 Å². The van der Waals surface area contributed by atoms with Crippen LogP contribution in [0.25, 0.3) is 11.1 Å². The van der Waals surface area contributed by atoms with Gasteiger partial charge in [0.15, 0.2) is 6.29 Å². The average Bonchev–Trinajstić information content (AvgIpc) is 3.16. The first kappa shape index (κ1) is 36.9. The second-order valence-corrected chi connectivity index (χ2v) is 12.9. The van der Waals surface area contributed by atoms with E-state index in [9.17, 15) is 19.8 Å². The van der Waals surface area contributed by atoms with Crippen molar-refractivity contribution in [3.05, 3.63) is 131 Å². The molecule has 264 valence electrons. The third-order valence-corrected chi connectivity index (χ3v) is 9.24. The van der Waals surface area contributed by atoms with E-state index in [0.717, 1.165) is 38.9 Å². The van der Waals surface area contributed by atoms with Crippen LogP contribution in [0.3, 0.4) is 0 Å². The van der Waals surface area contributed by atoms with Gasteiger partial charge < -0.3 is 25.0 Å². The minimum atomic E-state index is -0.653. The number of nitrogens with one attached hydrogen (secondary N) is 2. The molecule has 4 aromatic carbocycles. The van der Waals surface area contributed by atoms with Crippen LogP contribution in [0.15, 0.2) is 103 Å². The van der Waals surface area contributed by atoms with E-state index in [1.807, 2.05) is 111 Å². The van der Waals surface area contributed by atoms with E-state index in [1.165, 1.54) is 0 Å².